The Kier molecular flexibility index (Phi) is 9.27. The monoisotopic (exact) mass is 432 g/mol. The maximum Gasteiger partial charge on any atom is 0.338 e. The Morgan fingerprint density at radius 2 is 1.83 bits per heavy atom. The molecule has 0 atom stereocenters. The lowest BCUT2D eigenvalue weighted by Crippen LogP contribution is -2.35. The summed E-state index contributed by atoms with van der Waals surface area (Å²) in [4.78, 5) is 42.5. The molecule has 0 aliphatic rings. The standard InChI is InChI=1S/C21H28N4O4S/c1-4-11-22-19(26)17-14-30-18(24-17)13-25(12-5-2)21(28)23-16-9-7-15(8-10-16)20(27)29-6-3/h7-10,14H,4-6,11-13H2,1-3H3,(H,22,26)(H,23,28). The molecule has 162 valence electrons. The van der Waals surface area contributed by atoms with Gasteiger partial charge >= 0.3 is 12.0 Å². The summed E-state index contributed by atoms with van der Waals surface area (Å²) in [5.41, 5.74) is 1.37. The normalized spacial score (nSPS) is 10.4. The average Bonchev–Trinajstić information content (AvgIpc) is 3.21. The number of anilines is 1. The van der Waals surface area contributed by atoms with Crippen molar-refractivity contribution in [2.75, 3.05) is 25.0 Å². The fourth-order valence-corrected chi connectivity index (χ4v) is 3.40. The molecular formula is C21H28N4O4S. The lowest BCUT2D eigenvalue weighted by atomic mass is 10.2. The van der Waals surface area contributed by atoms with E-state index in [1.807, 2.05) is 13.8 Å². The largest absolute Gasteiger partial charge is 0.462 e. The number of benzene rings is 1. The van der Waals surface area contributed by atoms with E-state index in [1.54, 1.807) is 41.5 Å². The molecule has 1 aromatic heterocycles. The first-order valence-electron chi connectivity index (χ1n) is 10.0. The Balaban J connectivity index is 2.00. The number of nitrogens with zero attached hydrogens (tertiary/aromatic N) is 2. The molecule has 0 radical (unpaired) electrons. The van der Waals surface area contributed by atoms with Gasteiger partial charge in [0, 0.05) is 24.2 Å². The summed E-state index contributed by atoms with van der Waals surface area (Å²) in [6.07, 6.45) is 1.64. The Morgan fingerprint density at radius 1 is 1.10 bits per heavy atom. The third-order valence-corrected chi connectivity index (χ3v) is 4.91. The highest BCUT2D eigenvalue weighted by atomic mass is 32.1. The zero-order chi connectivity index (χ0) is 21.9. The van der Waals surface area contributed by atoms with Crippen molar-refractivity contribution in [3.8, 4) is 0 Å². The van der Waals surface area contributed by atoms with Crippen LogP contribution in [0.2, 0.25) is 0 Å². The van der Waals surface area contributed by atoms with E-state index in [4.69, 9.17) is 4.74 Å². The summed E-state index contributed by atoms with van der Waals surface area (Å²) in [5.74, 6) is -0.599. The van der Waals surface area contributed by atoms with E-state index in [1.165, 1.54) is 11.3 Å². The van der Waals surface area contributed by atoms with Crippen molar-refractivity contribution in [2.24, 2.45) is 0 Å². The Hall–Kier alpha value is -2.94. The summed E-state index contributed by atoms with van der Waals surface area (Å²) in [6, 6.07) is 6.27. The van der Waals surface area contributed by atoms with Gasteiger partial charge in [-0.2, -0.15) is 0 Å². The van der Waals surface area contributed by atoms with Gasteiger partial charge in [-0.3, -0.25) is 4.79 Å². The molecule has 0 aliphatic heterocycles. The predicted octanol–water partition coefficient (Wildman–Crippen LogP) is 3.90. The number of esters is 1. The van der Waals surface area contributed by atoms with E-state index >= 15 is 0 Å². The number of hydrogen-bond acceptors (Lipinski definition) is 6. The second kappa shape index (κ2) is 11.9. The van der Waals surface area contributed by atoms with E-state index in [0.717, 1.165) is 12.8 Å². The molecule has 2 aromatic rings. The van der Waals surface area contributed by atoms with Crippen LogP contribution in [0, 0.1) is 0 Å². The van der Waals surface area contributed by atoms with Crippen molar-refractivity contribution in [1.29, 1.82) is 0 Å². The molecule has 2 rings (SSSR count). The van der Waals surface area contributed by atoms with Crippen molar-refractivity contribution in [3.05, 3.63) is 45.9 Å². The van der Waals surface area contributed by atoms with Gasteiger partial charge in [-0.15, -0.1) is 11.3 Å². The average molecular weight is 433 g/mol. The molecule has 30 heavy (non-hydrogen) atoms. The van der Waals surface area contributed by atoms with Crippen molar-refractivity contribution in [2.45, 2.75) is 40.2 Å². The smallest absolute Gasteiger partial charge is 0.338 e. The number of aromatic nitrogens is 1. The predicted molar refractivity (Wildman–Crippen MR) is 117 cm³/mol. The topological polar surface area (TPSA) is 101 Å². The van der Waals surface area contributed by atoms with Crippen LogP contribution in [0.4, 0.5) is 10.5 Å². The van der Waals surface area contributed by atoms with Crippen LogP contribution in [0.1, 0.15) is 59.5 Å². The number of carbonyl (C=O) groups is 3. The van der Waals surface area contributed by atoms with Gasteiger partial charge in [-0.05, 0) is 44.0 Å². The molecule has 0 unspecified atom stereocenters. The maximum absolute atomic E-state index is 12.7. The van der Waals surface area contributed by atoms with Crippen LogP contribution in [0.15, 0.2) is 29.6 Å². The Morgan fingerprint density at radius 3 is 2.47 bits per heavy atom. The third kappa shape index (κ3) is 6.84. The second-order valence-electron chi connectivity index (χ2n) is 6.53. The van der Waals surface area contributed by atoms with Crippen LogP contribution in [0.25, 0.3) is 0 Å². The highest BCUT2D eigenvalue weighted by Gasteiger charge is 2.17. The van der Waals surface area contributed by atoms with E-state index < -0.39 is 5.97 Å². The molecule has 0 bridgehead atoms. The number of thiazole rings is 1. The lowest BCUT2D eigenvalue weighted by molar-refractivity contribution is 0.0526. The van der Waals surface area contributed by atoms with Gasteiger partial charge in [-0.1, -0.05) is 13.8 Å². The second-order valence-corrected chi connectivity index (χ2v) is 7.47. The summed E-state index contributed by atoms with van der Waals surface area (Å²) >= 11 is 1.35. The number of nitrogens with one attached hydrogen (secondary N) is 2. The van der Waals surface area contributed by atoms with Crippen molar-refractivity contribution < 1.29 is 19.1 Å². The first kappa shape index (κ1) is 23.3. The zero-order valence-corrected chi connectivity index (χ0v) is 18.4. The Labute approximate surface area is 180 Å². The van der Waals surface area contributed by atoms with Crippen LogP contribution in [-0.4, -0.2) is 47.5 Å². The first-order valence-corrected chi connectivity index (χ1v) is 10.9. The molecule has 0 saturated carbocycles. The fraction of sp³-hybridized carbons (Fsp3) is 0.429. The molecule has 0 aliphatic carbocycles. The highest BCUT2D eigenvalue weighted by molar-refractivity contribution is 7.09. The van der Waals surface area contributed by atoms with E-state index in [9.17, 15) is 14.4 Å². The Bertz CT molecular complexity index is 851. The van der Waals surface area contributed by atoms with Crippen molar-refractivity contribution >= 4 is 34.9 Å². The summed E-state index contributed by atoms with van der Waals surface area (Å²) < 4.78 is 4.96. The number of rotatable bonds is 10. The van der Waals surface area contributed by atoms with Gasteiger partial charge in [-0.25, -0.2) is 14.6 Å². The molecule has 0 spiro atoms. The number of amides is 3. The van der Waals surface area contributed by atoms with Crippen molar-refractivity contribution in [3.63, 3.8) is 0 Å². The van der Waals surface area contributed by atoms with Crippen LogP contribution < -0.4 is 10.6 Å². The minimum absolute atomic E-state index is 0.201. The molecule has 8 nitrogen and oxygen atoms in total. The molecule has 1 aromatic carbocycles. The molecule has 1 heterocycles. The van der Waals surface area contributed by atoms with Gasteiger partial charge in [0.05, 0.1) is 18.7 Å². The van der Waals surface area contributed by atoms with E-state index in [-0.39, 0.29) is 11.9 Å². The molecule has 2 N–H and O–H groups in total. The minimum atomic E-state index is -0.398. The molecular weight excluding hydrogens is 404 g/mol. The van der Waals surface area contributed by atoms with E-state index in [2.05, 4.69) is 15.6 Å². The van der Waals surface area contributed by atoms with Crippen LogP contribution >= 0.6 is 11.3 Å². The van der Waals surface area contributed by atoms with Gasteiger partial charge < -0.3 is 20.3 Å². The summed E-state index contributed by atoms with van der Waals surface area (Å²) in [6.45, 7) is 7.49. The van der Waals surface area contributed by atoms with Gasteiger partial charge in [0.15, 0.2) is 0 Å². The SMILES string of the molecule is CCCNC(=O)c1csc(CN(CCC)C(=O)Nc2ccc(C(=O)OCC)cc2)n1. The maximum atomic E-state index is 12.7. The summed E-state index contributed by atoms with van der Waals surface area (Å²) in [7, 11) is 0. The molecule has 3 amide bonds. The van der Waals surface area contributed by atoms with Gasteiger partial charge in [0.2, 0.25) is 0 Å². The van der Waals surface area contributed by atoms with Crippen LogP contribution in [0.5, 0.6) is 0 Å². The fourth-order valence-electron chi connectivity index (χ4n) is 2.61. The minimum Gasteiger partial charge on any atom is -0.462 e. The highest BCUT2D eigenvalue weighted by Crippen LogP contribution is 2.16. The quantitative estimate of drug-likeness (QED) is 0.555. The molecule has 0 fully saturated rings. The first-order chi connectivity index (χ1) is 14.5. The number of urea groups is 1. The van der Waals surface area contributed by atoms with Crippen molar-refractivity contribution in [1.82, 2.24) is 15.2 Å². The van der Waals surface area contributed by atoms with Crippen LogP contribution in [-0.2, 0) is 11.3 Å². The summed E-state index contributed by atoms with van der Waals surface area (Å²) in [5, 5.41) is 8.03. The number of carbonyl (C=O) groups excluding carboxylic acids is 3. The number of hydrogen-bond donors (Lipinski definition) is 2. The molecule has 9 heteroatoms. The van der Waals surface area contributed by atoms with Gasteiger partial charge in [0.1, 0.15) is 10.7 Å². The zero-order valence-electron chi connectivity index (χ0n) is 17.6. The molecule has 0 saturated heterocycles. The van der Waals surface area contributed by atoms with Crippen LogP contribution in [0.3, 0.4) is 0 Å². The number of ether oxygens (including phenoxy) is 1. The third-order valence-electron chi connectivity index (χ3n) is 4.07. The lowest BCUT2D eigenvalue weighted by Gasteiger charge is -2.21. The van der Waals surface area contributed by atoms with E-state index in [0.29, 0.717) is 48.2 Å². The van der Waals surface area contributed by atoms with Gasteiger partial charge in [0.25, 0.3) is 5.91 Å².